The molecule has 17 heavy (non-hydrogen) atoms. The zero-order valence-corrected chi connectivity index (χ0v) is 9.72. The first kappa shape index (κ1) is 12.1. The van der Waals surface area contributed by atoms with Gasteiger partial charge >= 0.3 is 0 Å². The number of rotatable bonds is 7. The Morgan fingerprint density at radius 2 is 2.18 bits per heavy atom. The summed E-state index contributed by atoms with van der Waals surface area (Å²) in [6, 6.07) is 10.1. The van der Waals surface area contributed by atoms with Crippen LogP contribution in [0.3, 0.4) is 0 Å². The van der Waals surface area contributed by atoms with Crippen molar-refractivity contribution in [1.29, 1.82) is 0 Å². The number of hydrogen-bond acceptors (Lipinski definition) is 3. The van der Waals surface area contributed by atoms with E-state index in [1.807, 2.05) is 18.2 Å². The van der Waals surface area contributed by atoms with Crippen molar-refractivity contribution < 1.29 is 14.4 Å². The van der Waals surface area contributed by atoms with Crippen molar-refractivity contribution in [2.45, 2.75) is 25.4 Å². The molecule has 1 aliphatic rings. The Balaban J connectivity index is 1.53. The number of amides is 1. The third-order valence-corrected chi connectivity index (χ3v) is 2.57. The van der Waals surface area contributed by atoms with Crippen LogP contribution in [-0.4, -0.2) is 25.2 Å². The fraction of sp³-hybridized carbons (Fsp3) is 0.462. The average Bonchev–Trinajstić information content (AvgIpc) is 3.14. The highest BCUT2D eigenvalue weighted by Crippen LogP contribution is 2.08. The number of benzene rings is 1. The van der Waals surface area contributed by atoms with E-state index in [1.54, 1.807) is 0 Å². The Hall–Kier alpha value is -1.39. The second-order valence-corrected chi connectivity index (χ2v) is 4.13. The van der Waals surface area contributed by atoms with Crippen LogP contribution in [0.4, 0.5) is 0 Å². The number of aryl methyl sites for hydroxylation is 1. The highest BCUT2D eigenvalue weighted by atomic mass is 16.7. The maximum atomic E-state index is 11.4. The molecule has 0 radical (unpaired) electrons. The molecule has 4 heteroatoms. The molecule has 1 aliphatic heterocycles. The highest BCUT2D eigenvalue weighted by molar-refractivity contribution is 5.74. The van der Waals surface area contributed by atoms with Crippen LogP contribution in [0.25, 0.3) is 0 Å². The second-order valence-electron chi connectivity index (χ2n) is 4.13. The van der Waals surface area contributed by atoms with Gasteiger partial charge in [0, 0.05) is 6.42 Å². The molecular weight excluding hydrogens is 218 g/mol. The van der Waals surface area contributed by atoms with E-state index in [9.17, 15) is 4.79 Å². The van der Waals surface area contributed by atoms with Crippen LogP contribution in [0.2, 0.25) is 0 Å². The summed E-state index contributed by atoms with van der Waals surface area (Å²) in [6.07, 6.45) is 2.42. The summed E-state index contributed by atoms with van der Waals surface area (Å²) in [5, 5.41) is 0. The average molecular weight is 235 g/mol. The van der Waals surface area contributed by atoms with Gasteiger partial charge in [0.2, 0.25) is 5.91 Å². The zero-order chi connectivity index (χ0) is 11.9. The zero-order valence-electron chi connectivity index (χ0n) is 9.72. The maximum Gasteiger partial charge on any atom is 0.243 e. The topological polar surface area (TPSA) is 50.9 Å². The van der Waals surface area contributed by atoms with E-state index in [0.717, 1.165) is 19.4 Å². The molecule has 4 nitrogen and oxygen atoms in total. The minimum Gasteiger partial charge on any atom is -0.371 e. The minimum atomic E-state index is -0.0680. The van der Waals surface area contributed by atoms with Crippen LogP contribution >= 0.6 is 0 Å². The number of ether oxygens (including phenoxy) is 1. The summed E-state index contributed by atoms with van der Waals surface area (Å²) in [4.78, 5) is 16.4. The fourth-order valence-corrected chi connectivity index (χ4v) is 1.53. The number of nitrogens with one attached hydrogen (secondary N) is 1. The summed E-state index contributed by atoms with van der Waals surface area (Å²) >= 11 is 0. The van der Waals surface area contributed by atoms with Gasteiger partial charge in [-0.25, -0.2) is 5.48 Å². The van der Waals surface area contributed by atoms with E-state index in [2.05, 4.69) is 17.6 Å². The van der Waals surface area contributed by atoms with E-state index in [0.29, 0.717) is 13.0 Å². The molecule has 1 aromatic carbocycles. The molecule has 1 saturated heterocycles. The Morgan fingerprint density at radius 3 is 2.88 bits per heavy atom. The molecule has 1 aromatic rings. The quantitative estimate of drug-likeness (QED) is 0.575. The first-order valence-corrected chi connectivity index (χ1v) is 5.91. The van der Waals surface area contributed by atoms with Gasteiger partial charge in [-0.1, -0.05) is 30.3 Å². The molecule has 1 heterocycles. The molecule has 92 valence electrons. The van der Waals surface area contributed by atoms with Gasteiger partial charge in [-0.2, -0.15) is 0 Å². The lowest BCUT2D eigenvalue weighted by atomic mass is 10.1. The van der Waals surface area contributed by atoms with Crippen molar-refractivity contribution in [3.63, 3.8) is 0 Å². The van der Waals surface area contributed by atoms with Gasteiger partial charge in [-0.05, 0) is 18.4 Å². The third-order valence-electron chi connectivity index (χ3n) is 2.57. The van der Waals surface area contributed by atoms with Crippen LogP contribution in [-0.2, 0) is 20.8 Å². The van der Waals surface area contributed by atoms with Crippen LogP contribution in [0.1, 0.15) is 18.4 Å². The smallest absolute Gasteiger partial charge is 0.243 e. The van der Waals surface area contributed by atoms with Gasteiger partial charge in [-0.3, -0.25) is 9.63 Å². The van der Waals surface area contributed by atoms with E-state index >= 15 is 0 Å². The predicted octanol–water partition coefficient (Wildman–Crippen LogP) is 1.46. The third kappa shape index (κ3) is 4.97. The second kappa shape index (κ2) is 6.37. The van der Waals surface area contributed by atoms with Crippen LogP contribution in [0.15, 0.2) is 30.3 Å². The van der Waals surface area contributed by atoms with Crippen LogP contribution in [0, 0.1) is 0 Å². The predicted molar refractivity (Wildman–Crippen MR) is 63.2 cm³/mol. The Kier molecular flexibility index (Phi) is 4.53. The van der Waals surface area contributed by atoms with Gasteiger partial charge in [0.25, 0.3) is 0 Å². The van der Waals surface area contributed by atoms with Gasteiger partial charge in [0.1, 0.15) is 12.7 Å². The van der Waals surface area contributed by atoms with Crippen molar-refractivity contribution in [3.05, 3.63) is 35.9 Å². The Morgan fingerprint density at radius 1 is 1.41 bits per heavy atom. The molecule has 1 fully saturated rings. The van der Waals surface area contributed by atoms with Crippen LogP contribution in [0.5, 0.6) is 0 Å². The lowest BCUT2D eigenvalue weighted by Gasteiger charge is -2.04. The lowest BCUT2D eigenvalue weighted by Crippen LogP contribution is -2.25. The fourth-order valence-electron chi connectivity index (χ4n) is 1.53. The first-order chi connectivity index (χ1) is 8.34. The SMILES string of the molecule is O=C(CCCc1ccccc1)NOCC1CO1. The maximum absolute atomic E-state index is 11.4. The number of carbonyl (C=O) groups is 1. The molecule has 0 bridgehead atoms. The molecule has 0 aliphatic carbocycles. The summed E-state index contributed by atoms with van der Waals surface area (Å²) in [5.74, 6) is -0.0680. The van der Waals surface area contributed by atoms with Crippen LogP contribution < -0.4 is 5.48 Å². The van der Waals surface area contributed by atoms with E-state index in [-0.39, 0.29) is 12.0 Å². The van der Waals surface area contributed by atoms with Crippen molar-refractivity contribution >= 4 is 5.91 Å². The summed E-state index contributed by atoms with van der Waals surface area (Å²) in [7, 11) is 0. The van der Waals surface area contributed by atoms with Gasteiger partial charge in [0.15, 0.2) is 0 Å². The molecule has 2 rings (SSSR count). The van der Waals surface area contributed by atoms with Gasteiger partial charge in [-0.15, -0.1) is 0 Å². The number of hydrogen-bond donors (Lipinski definition) is 1. The number of epoxide rings is 1. The Labute approximate surface area is 101 Å². The summed E-state index contributed by atoms with van der Waals surface area (Å²) in [5.41, 5.74) is 3.68. The van der Waals surface area contributed by atoms with Gasteiger partial charge in [0.05, 0.1) is 6.61 Å². The van der Waals surface area contributed by atoms with Crippen molar-refractivity contribution in [1.82, 2.24) is 5.48 Å². The standard InChI is InChI=1S/C13H17NO3/c15-13(14-17-10-12-9-16-12)8-4-7-11-5-2-1-3-6-11/h1-3,5-6,12H,4,7-10H2,(H,14,15). The first-order valence-electron chi connectivity index (χ1n) is 5.91. The number of carbonyl (C=O) groups excluding carboxylic acids is 1. The molecule has 0 aromatic heterocycles. The van der Waals surface area contributed by atoms with E-state index in [4.69, 9.17) is 9.57 Å². The molecule has 0 saturated carbocycles. The normalized spacial score (nSPS) is 17.8. The molecule has 1 N–H and O–H groups in total. The monoisotopic (exact) mass is 235 g/mol. The highest BCUT2D eigenvalue weighted by Gasteiger charge is 2.22. The number of hydroxylamine groups is 1. The van der Waals surface area contributed by atoms with Crippen molar-refractivity contribution in [2.75, 3.05) is 13.2 Å². The largest absolute Gasteiger partial charge is 0.371 e. The molecule has 0 spiro atoms. The van der Waals surface area contributed by atoms with Crippen molar-refractivity contribution in [3.8, 4) is 0 Å². The van der Waals surface area contributed by atoms with Gasteiger partial charge < -0.3 is 4.74 Å². The van der Waals surface area contributed by atoms with E-state index < -0.39 is 0 Å². The molecule has 1 amide bonds. The molecule has 1 unspecified atom stereocenters. The Bertz CT molecular complexity index is 349. The summed E-state index contributed by atoms with van der Waals surface area (Å²) in [6.45, 7) is 1.19. The molecular formula is C13H17NO3. The van der Waals surface area contributed by atoms with Crippen molar-refractivity contribution in [2.24, 2.45) is 0 Å². The lowest BCUT2D eigenvalue weighted by molar-refractivity contribution is -0.133. The van der Waals surface area contributed by atoms with E-state index in [1.165, 1.54) is 5.56 Å². The molecule has 1 atom stereocenters. The summed E-state index contributed by atoms with van der Waals surface area (Å²) < 4.78 is 4.95. The minimum absolute atomic E-state index is 0.0680.